The summed E-state index contributed by atoms with van der Waals surface area (Å²) in [4.78, 5) is 28.3. The molecule has 2 aliphatic rings. The molecule has 8 heteroatoms. The molecule has 0 aromatic carbocycles. The molecule has 2 aromatic heterocycles. The van der Waals surface area contributed by atoms with Gasteiger partial charge in [0.15, 0.2) is 17.0 Å². The number of imidazole rings is 1. The minimum Gasteiger partial charge on any atom is -0.355 e. The molecule has 1 amide bonds. The lowest BCUT2D eigenvalue weighted by molar-refractivity contribution is -0.118. The first kappa shape index (κ1) is 22.5. The first-order valence-corrected chi connectivity index (χ1v) is 11.3. The zero-order valence-electron chi connectivity index (χ0n) is 19.3. The molecule has 1 aliphatic heterocycles. The topological polar surface area (TPSA) is 85.2 Å². The monoisotopic (exact) mass is 416 g/mol. The van der Waals surface area contributed by atoms with Crippen LogP contribution in [0.3, 0.4) is 0 Å². The van der Waals surface area contributed by atoms with Crippen molar-refractivity contribution in [1.29, 1.82) is 0 Å². The summed E-state index contributed by atoms with van der Waals surface area (Å²) >= 11 is 0. The van der Waals surface area contributed by atoms with Crippen LogP contribution in [-0.2, 0) is 9.53 Å². The van der Waals surface area contributed by atoms with Crippen molar-refractivity contribution in [3.63, 3.8) is 0 Å². The van der Waals surface area contributed by atoms with Crippen LogP contribution < -0.4 is 10.2 Å². The van der Waals surface area contributed by atoms with Gasteiger partial charge >= 0.3 is 0 Å². The number of nitrogens with one attached hydrogen (secondary N) is 1. The van der Waals surface area contributed by atoms with Crippen molar-refractivity contribution in [3.8, 4) is 0 Å². The van der Waals surface area contributed by atoms with Crippen LogP contribution in [0.5, 0.6) is 0 Å². The molecule has 3 heterocycles. The van der Waals surface area contributed by atoms with Crippen LogP contribution >= 0.6 is 0 Å². The Hall–Kier alpha value is -2.22. The average molecular weight is 417 g/mol. The SMILES string of the molecule is CC.CC[C@@H]1C[C@H](C)[C@H](n2cnc3c(N(C)C4CC4)nc(NC(=O)C(C)C)nc32)O1. The van der Waals surface area contributed by atoms with E-state index >= 15 is 0 Å². The molecule has 2 aromatic rings. The molecule has 2 fully saturated rings. The maximum atomic E-state index is 12.2. The maximum absolute atomic E-state index is 12.2. The molecule has 1 N–H and O–H groups in total. The Morgan fingerprint density at radius 3 is 2.60 bits per heavy atom. The number of carbonyl (C=O) groups excluding carboxylic acids is 1. The number of fused-ring (bicyclic) bond motifs is 1. The molecule has 0 unspecified atom stereocenters. The van der Waals surface area contributed by atoms with E-state index in [0.29, 0.717) is 23.6 Å². The number of nitrogens with zero attached hydrogens (tertiary/aromatic N) is 5. The minimum atomic E-state index is -0.141. The number of carbonyl (C=O) groups is 1. The maximum Gasteiger partial charge on any atom is 0.233 e. The number of amides is 1. The van der Waals surface area contributed by atoms with E-state index < -0.39 is 0 Å². The number of rotatable bonds is 6. The molecular weight excluding hydrogens is 380 g/mol. The number of hydrogen-bond donors (Lipinski definition) is 1. The number of anilines is 2. The second kappa shape index (κ2) is 9.29. The summed E-state index contributed by atoms with van der Waals surface area (Å²) in [5.74, 6) is 1.23. The third kappa shape index (κ3) is 4.43. The summed E-state index contributed by atoms with van der Waals surface area (Å²) in [6, 6.07) is 0.475. The van der Waals surface area contributed by atoms with Gasteiger partial charge in [0.1, 0.15) is 6.23 Å². The van der Waals surface area contributed by atoms with Gasteiger partial charge in [-0.2, -0.15) is 9.97 Å². The first-order chi connectivity index (χ1) is 14.4. The van der Waals surface area contributed by atoms with Gasteiger partial charge in [-0.3, -0.25) is 14.7 Å². The van der Waals surface area contributed by atoms with Gasteiger partial charge in [-0.1, -0.05) is 41.5 Å². The molecule has 1 saturated heterocycles. The fraction of sp³-hybridized carbons (Fsp3) is 0.727. The summed E-state index contributed by atoms with van der Waals surface area (Å²) in [5.41, 5.74) is 1.47. The van der Waals surface area contributed by atoms with Gasteiger partial charge in [-0.05, 0) is 25.7 Å². The summed E-state index contributed by atoms with van der Waals surface area (Å²) < 4.78 is 8.26. The zero-order chi connectivity index (χ0) is 22.0. The van der Waals surface area contributed by atoms with Crippen LogP contribution in [0.2, 0.25) is 0 Å². The fourth-order valence-corrected chi connectivity index (χ4v) is 3.80. The van der Waals surface area contributed by atoms with Crippen LogP contribution in [0.25, 0.3) is 11.2 Å². The largest absolute Gasteiger partial charge is 0.355 e. The minimum absolute atomic E-state index is 0.0954. The summed E-state index contributed by atoms with van der Waals surface area (Å²) in [6.07, 6.45) is 6.28. The van der Waals surface area contributed by atoms with Crippen molar-refractivity contribution >= 4 is 28.8 Å². The van der Waals surface area contributed by atoms with Gasteiger partial charge in [-0.25, -0.2) is 4.98 Å². The van der Waals surface area contributed by atoms with E-state index in [1.54, 1.807) is 6.33 Å². The molecule has 30 heavy (non-hydrogen) atoms. The molecule has 1 saturated carbocycles. The Kier molecular flexibility index (Phi) is 6.95. The molecule has 0 bridgehead atoms. The van der Waals surface area contributed by atoms with E-state index in [1.807, 2.05) is 39.3 Å². The molecular formula is C22H36N6O2. The summed E-state index contributed by atoms with van der Waals surface area (Å²) in [7, 11) is 2.04. The van der Waals surface area contributed by atoms with Crippen molar-refractivity contribution in [2.45, 2.75) is 85.6 Å². The summed E-state index contributed by atoms with van der Waals surface area (Å²) in [6.45, 7) is 12.1. The predicted molar refractivity (Wildman–Crippen MR) is 120 cm³/mol. The highest BCUT2D eigenvalue weighted by atomic mass is 16.5. The summed E-state index contributed by atoms with van der Waals surface area (Å²) in [5, 5.41) is 2.86. The van der Waals surface area contributed by atoms with Crippen molar-refractivity contribution in [2.24, 2.45) is 11.8 Å². The predicted octanol–water partition coefficient (Wildman–Crippen LogP) is 4.38. The standard InChI is InChI=1S/C20H30N6O2.C2H6/c1-6-14-9-12(4)19(28-14)26-10-21-15-16(25(5)13-7-8-13)22-20(23-17(15)26)24-18(27)11(2)3;1-2/h10-14,19H,6-9H2,1-5H3,(H,22,23,24,27);1-2H3/t12-,14+,19+;/m0./s1. The molecule has 1 aliphatic carbocycles. The highest BCUT2D eigenvalue weighted by Crippen LogP contribution is 2.39. The van der Waals surface area contributed by atoms with Crippen molar-refractivity contribution < 1.29 is 9.53 Å². The van der Waals surface area contributed by atoms with Crippen molar-refractivity contribution in [2.75, 3.05) is 17.3 Å². The van der Waals surface area contributed by atoms with Gasteiger partial charge in [-0.15, -0.1) is 0 Å². The van der Waals surface area contributed by atoms with E-state index in [1.165, 1.54) is 0 Å². The number of ether oxygens (including phenoxy) is 1. The van der Waals surface area contributed by atoms with E-state index in [-0.39, 0.29) is 24.2 Å². The molecule has 0 radical (unpaired) electrons. The lowest BCUT2D eigenvalue weighted by Gasteiger charge is -2.20. The van der Waals surface area contributed by atoms with E-state index in [2.05, 4.69) is 39.0 Å². The van der Waals surface area contributed by atoms with E-state index in [9.17, 15) is 4.79 Å². The van der Waals surface area contributed by atoms with Gasteiger partial charge in [0, 0.05) is 24.9 Å². The highest BCUT2D eigenvalue weighted by molar-refractivity contribution is 5.92. The molecule has 4 rings (SSSR count). The van der Waals surface area contributed by atoms with Gasteiger partial charge in [0.2, 0.25) is 11.9 Å². The van der Waals surface area contributed by atoms with Crippen LogP contribution in [0.4, 0.5) is 11.8 Å². The smallest absolute Gasteiger partial charge is 0.233 e. The Labute approximate surface area is 179 Å². The van der Waals surface area contributed by atoms with Crippen LogP contribution in [0.15, 0.2) is 6.33 Å². The number of hydrogen-bond acceptors (Lipinski definition) is 6. The second-order valence-electron chi connectivity index (χ2n) is 8.45. The van der Waals surface area contributed by atoms with Crippen LogP contribution in [0.1, 0.15) is 73.5 Å². The zero-order valence-corrected chi connectivity index (χ0v) is 19.3. The normalized spacial score (nSPS) is 23.4. The second-order valence-corrected chi connectivity index (χ2v) is 8.45. The first-order valence-electron chi connectivity index (χ1n) is 11.3. The quantitative estimate of drug-likeness (QED) is 0.752. The average Bonchev–Trinajstić information content (AvgIpc) is 3.41. The van der Waals surface area contributed by atoms with Gasteiger partial charge < -0.3 is 9.64 Å². The third-order valence-corrected chi connectivity index (χ3v) is 5.77. The Morgan fingerprint density at radius 1 is 1.33 bits per heavy atom. The molecule has 8 nitrogen and oxygen atoms in total. The fourth-order valence-electron chi connectivity index (χ4n) is 3.80. The van der Waals surface area contributed by atoms with Crippen LogP contribution in [0, 0.1) is 11.8 Å². The van der Waals surface area contributed by atoms with E-state index in [0.717, 1.165) is 37.0 Å². The van der Waals surface area contributed by atoms with Gasteiger partial charge in [0.05, 0.1) is 12.4 Å². The van der Waals surface area contributed by atoms with Crippen molar-refractivity contribution in [3.05, 3.63) is 6.33 Å². The van der Waals surface area contributed by atoms with E-state index in [4.69, 9.17) is 4.74 Å². The Bertz CT molecular complexity index is 876. The lowest BCUT2D eigenvalue weighted by atomic mass is 10.0. The Morgan fingerprint density at radius 2 is 2.03 bits per heavy atom. The lowest BCUT2D eigenvalue weighted by Crippen LogP contribution is -2.24. The highest BCUT2D eigenvalue weighted by Gasteiger charge is 2.35. The van der Waals surface area contributed by atoms with Crippen molar-refractivity contribution in [1.82, 2.24) is 19.5 Å². The molecule has 166 valence electrons. The molecule has 0 spiro atoms. The van der Waals surface area contributed by atoms with Crippen LogP contribution in [-0.4, -0.2) is 44.6 Å². The van der Waals surface area contributed by atoms with Gasteiger partial charge in [0.25, 0.3) is 0 Å². The third-order valence-electron chi connectivity index (χ3n) is 5.77. The Balaban J connectivity index is 0.00000124. The number of aromatic nitrogens is 4. The molecule has 3 atom stereocenters.